The predicted molar refractivity (Wildman–Crippen MR) is 79.6 cm³/mol. The van der Waals surface area contributed by atoms with Gasteiger partial charge in [-0.3, -0.25) is 9.69 Å². The van der Waals surface area contributed by atoms with E-state index in [1.54, 1.807) is 0 Å². The van der Waals surface area contributed by atoms with E-state index in [1.807, 2.05) is 36.0 Å². The molecule has 5 nitrogen and oxygen atoms in total. The first-order chi connectivity index (χ1) is 9.25. The molecule has 0 saturated carbocycles. The van der Waals surface area contributed by atoms with E-state index in [9.17, 15) is 4.79 Å². The predicted octanol–water partition coefficient (Wildman–Crippen LogP) is 2.57. The number of aldehydes is 1. The molecule has 0 aliphatic carbocycles. The molecule has 1 aliphatic heterocycles. The lowest BCUT2D eigenvalue weighted by molar-refractivity contribution is -0.110. The van der Waals surface area contributed by atoms with Crippen LogP contribution in [0, 0.1) is 0 Å². The average molecular weight is 295 g/mol. The van der Waals surface area contributed by atoms with Crippen molar-refractivity contribution in [2.45, 2.75) is 39.3 Å². The molecular formula is C14H19ClN4O. The maximum Gasteiger partial charge on any atom is 0.164 e. The van der Waals surface area contributed by atoms with Gasteiger partial charge in [-0.2, -0.15) is 0 Å². The van der Waals surface area contributed by atoms with Gasteiger partial charge in [-0.25, -0.2) is 0 Å². The summed E-state index contributed by atoms with van der Waals surface area (Å²) in [4.78, 5) is 15.0. The largest absolute Gasteiger partial charge is 0.353 e. The van der Waals surface area contributed by atoms with E-state index in [-0.39, 0.29) is 5.41 Å². The zero-order chi connectivity index (χ0) is 15.1. The number of carbonyl (C=O) groups is 1. The van der Waals surface area contributed by atoms with Gasteiger partial charge < -0.3 is 4.90 Å². The van der Waals surface area contributed by atoms with Crippen LogP contribution in [-0.4, -0.2) is 34.6 Å². The molecule has 1 unspecified atom stereocenters. The summed E-state index contributed by atoms with van der Waals surface area (Å²) in [5, 5.41) is 8.57. The molecule has 1 atom stereocenters. The highest BCUT2D eigenvalue weighted by Gasteiger charge is 2.31. The summed E-state index contributed by atoms with van der Waals surface area (Å²) in [6.07, 6.45) is 2.41. The second-order valence-electron chi connectivity index (χ2n) is 6.01. The third kappa shape index (κ3) is 2.50. The molecule has 0 fully saturated rings. The minimum atomic E-state index is -0.390. The summed E-state index contributed by atoms with van der Waals surface area (Å²) in [6.45, 7) is 8.13. The minimum absolute atomic E-state index is 0.137. The average Bonchev–Trinajstić information content (AvgIpc) is 2.62. The molecule has 0 amide bonds. The van der Waals surface area contributed by atoms with Crippen LogP contribution in [0.4, 0.5) is 5.82 Å². The smallest absolute Gasteiger partial charge is 0.164 e. The van der Waals surface area contributed by atoms with Crippen LogP contribution in [0.1, 0.15) is 33.3 Å². The van der Waals surface area contributed by atoms with Gasteiger partial charge in [0.25, 0.3) is 0 Å². The number of rotatable bonds is 2. The first-order valence-corrected chi connectivity index (χ1v) is 6.82. The molecular weight excluding hydrogens is 276 g/mol. The summed E-state index contributed by atoms with van der Waals surface area (Å²) < 4.78 is 0. The Balaban J connectivity index is 2.49. The minimum Gasteiger partial charge on any atom is -0.353 e. The Bertz CT molecular complexity index is 565. The highest BCUT2D eigenvalue weighted by atomic mass is 35.5. The summed E-state index contributed by atoms with van der Waals surface area (Å²) in [7, 11) is 1.86. The SMILES string of the molecule is CC1=CN(C)C(C=O)N1c1cc(C(C)(C)C)c(Cl)nn1. The molecule has 0 N–H and O–H groups in total. The van der Waals surface area contributed by atoms with Crippen LogP contribution in [0.25, 0.3) is 0 Å². The Morgan fingerprint density at radius 1 is 1.35 bits per heavy atom. The number of anilines is 1. The van der Waals surface area contributed by atoms with E-state index >= 15 is 0 Å². The summed E-state index contributed by atoms with van der Waals surface area (Å²) in [5.74, 6) is 0.634. The van der Waals surface area contributed by atoms with E-state index < -0.39 is 6.17 Å². The molecule has 0 aromatic carbocycles. The molecule has 20 heavy (non-hydrogen) atoms. The van der Waals surface area contributed by atoms with Crippen molar-refractivity contribution in [2.24, 2.45) is 0 Å². The van der Waals surface area contributed by atoms with Crippen molar-refractivity contribution in [1.82, 2.24) is 15.1 Å². The van der Waals surface area contributed by atoms with Crippen molar-refractivity contribution in [3.63, 3.8) is 0 Å². The maximum absolute atomic E-state index is 11.3. The standard InChI is InChI=1S/C14H19ClN4O/c1-9-7-18(5)12(8-20)19(9)11-6-10(14(2,3)4)13(15)17-16-11/h6-8,12H,1-5H3. The van der Waals surface area contributed by atoms with Crippen molar-refractivity contribution in [2.75, 3.05) is 11.9 Å². The van der Waals surface area contributed by atoms with Gasteiger partial charge in [-0.15, -0.1) is 10.2 Å². The van der Waals surface area contributed by atoms with E-state index in [0.717, 1.165) is 17.5 Å². The zero-order valence-electron chi connectivity index (χ0n) is 12.4. The number of allylic oxidation sites excluding steroid dienone is 1. The van der Waals surface area contributed by atoms with E-state index in [2.05, 4.69) is 31.0 Å². The lowest BCUT2D eigenvalue weighted by Crippen LogP contribution is -2.39. The molecule has 0 spiro atoms. The van der Waals surface area contributed by atoms with Crippen LogP contribution in [0.3, 0.4) is 0 Å². The van der Waals surface area contributed by atoms with Gasteiger partial charge in [0.05, 0.1) is 0 Å². The maximum atomic E-state index is 11.3. The first kappa shape index (κ1) is 14.8. The number of hydrogen-bond donors (Lipinski definition) is 0. The lowest BCUT2D eigenvalue weighted by atomic mass is 9.88. The molecule has 0 bridgehead atoms. The van der Waals surface area contributed by atoms with Crippen LogP contribution in [-0.2, 0) is 10.2 Å². The number of likely N-dealkylation sites (N-methyl/N-ethyl adjacent to an activating group) is 1. The van der Waals surface area contributed by atoms with Crippen LogP contribution in [0.5, 0.6) is 0 Å². The topological polar surface area (TPSA) is 49.3 Å². The molecule has 1 aliphatic rings. The molecule has 108 valence electrons. The van der Waals surface area contributed by atoms with Crippen LogP contribution in [0.2, 0.25) is 5.15 Å². The Kier molecular flexibility index (Phi) is 3.73. The normalized spacial score (nSPS) is 19.3. The Labute approximate surface area is 124 Å². The van der Waals surface area contributed by atoms with Crippen molar-refractivity contribution in [3.8, 4) is 0 Å². The van der Waals surface area contributed by atoms with Crippen LogP contribution in [0.15, 0.2) is 18.0 Å². The van der Waals surface area contributed by atoms with Crippen molar-refractivity contribution in [3.05, 3.63) is 28.7 Å². The molecule has 6 heteroatoms. The molecule has 0 saturated heterocycles. The molecule has 0 radical (unpaired) electrons. The quantitative estimate of drug-likeness (QED) is 0.785. The summed E-state index contributed by atoms with van der Waals surface area (Å²) in [5.41, 5.74) is 1.72. The second-order valence-corrected chi connectivity index (χ2v) is 6.37. The molecule has 1 aromatic heterocycles. The van der Waals surface area contributed by atoms with Gasteiger partial charge in [0.2, 0.25) is 0 Å². The van der Waals surface area contributed by atoms with Crippen molar-refractivity contribution < 1.29 is 4.79 Å². The molecule has 2 rings (SSSR count). The first-order valence-electron chi connectivity index (χ1n) is 6.44. The summed E-state index contributed by atoms with van der Waals surface area (Å²) >= 11 is 6.14. The number of hydrogen-bond acceptors (Lipinski definition) is 5. The number of nitrogens with zero attached hydrogens (tertiary/aromatic N) is 4. The van der Waals surface area contributed by atoms with Gasteiger partial charge >= 0.3 is 0 Å². The third-order valence-corrected chi connectivity index (χ3v) is 3.64. The van der Waals surface area contributed by atoms with Gasteiger partial charge in [0.15, 0.2) is 23.4 Å². The van der Waals surface area contributed by atoms with E-state index in [1.165, 1.54) is 0 Å². The van der Waals surface area contributed by atoms with E-state index in [0.29, 0.717) is 11.0 Å². The fourth-order valence-electron chi connectivity index (χ4n) is 2.31. The van der Waals surface area contributed by atoms with Gasteiger partial charge in [-0.1, -0.05) is 32.4 Å². The highest BCUT2D eigenvalue weighted by molar-refractivity contribution is 6.30. The number of halogens is 1. The zero-order valence-corrected chi connectivity index (χ0v) is 13.1. The second kappa shape index (κ2) is 5.05. The van der Waals surface area contributed by atoms with Gasteiger partial charge in [0, 0.05) is 24.5 Å². The van der Waals surface area contributed by atoms with Crippen molar-refractivity contribution in [1.29, 1.82) is 0 Å². The van der Waals surface area contributed by atoms with Gasteiger partial charge in [0.1, 0.15) is 0 Å². The Hall–Kier alpha value is -1.62. The van der Waals surface area contributed by atoms with E-state index in [4.69, 9.17) is 11.6 Å². The number of carbonyl (C=O) groups excluding carboxylic acids is 1. The Morgan fingerprint density at radius 2 is 2.00 bits per heavy atom. The van der Waals surface area contributed by atoms with Gasteiger partial charge in [-0.05, 0) is 18.4 Å². The fourth-order valence-corrected chi connectivity index (χ4v) is 2.68. The van der Waals surface area contributed by atoms with Crippen LogP contribution < -0.4 is 4.90 Å². The molecule has 2 heterocycles. The fraction of sp³-hybridized carbons (Fsp3) is 0.500. The van der Waals surface area contributed by atoms with Crippen LogP contribution >= 0.6 is 11.6 Å². The Morgan fingerprint density at radius 3 is 2.55 bits per heavy atom. The lowest BCUT2D eigenvalue weighted by Gasteiger charge is -2.28. The third-order valence-electron chi connectivity index (χ3n) is 3.36. The van der Waals surface area contributed by atoms with Crippen molar-refractivity contribution >= 4 is 23.7 Å². The molecule has 1 aromatic rings. The number of aromatic nitrogens is 2. The highest BCUT2D eigenvalue weighted by Crippen LogP contribution is 2.33. The monoisotopic (exact) mass is 294 g/mol. The summed E-state index contributed by atoms with van der Waals surface area (Å²) in [6, 6.07) is 1.91.